The molecule has 5 N–H and O–H groups in total. The summed E-state index contributed by atoms with van der Waals surface area (Å²) in [7, 11) is -3.68. The lowest BCUT2D eigenvalue weighted by atomic mass is 10.1. The Bertz CT molecular complexity index is 1370. The lowest BCUT2D eigenvalue weighted by molar-refractivity contribution is 0.0977. The van der Waals surface area contributed by atoms with Crippen LogP contribution in [0.3, 0.4) is 0 Å². The number of nitrogens with two attached hydrogens (primary N) is 2. The largest absolute Gasteiger partial charge is 0.489 e. The summed E-state index contributed by atoms with van der Waals surface area (Å²) in [4.78, 5) is 18.7. The van der Waals surface area contributed by atoms with Crippen LogP contribution in [0.2, 0.25) is 0 Å². The van der Waals surface area contributed by atoms with Crippen molar-refractivity contribution in [1.29, 1.82) is 5.41 Å². The third-order valence-corrected chi connectivity index (χ3v) is 7.43. The SMILES string of the molecule is CS(=O)(=O)N(CC=Cc1cccc(C(=N)N)c1)c1ccc(OC2CCN(C3=NCCO3)CC2)c(C(N)=O)c1. The Labute approximate surface area is 222 Å². The highest BCUT2D eigenvalue weighted by Gasteiger charge is 2.27. The zero-order valence-electron chi connectivity index (χ0n) is 21.2. The minimum absolute atomic E-state index is 0.0198. The Morgan fingerprint density at radius 3 is 2.63 bits per heavy atom. The molecule has 2 aliphatic rings. The summed E-state index contributed by atoms with van der Waals surface area (Å²) in [5, 5.41) is 7.58. The standard InChI is InChI=1S/C26H32N6O5S/c1-38(34,35)32(12-3-5-18-4-2-6-19(16-18)24(27)28)20-7-8-23(22(17-20)25(29)33)37-21-9-13-31(14-10-21)26-30-11-15-36-26/h2-8,16-17,21H,9-15H2,1H3,(H3,27,28)(H2,29,33). The highest BCUT2D eigenvalue weighted by Crippen LogP contribution is 2.29. The van der Waals surface area contributed by atoms with E-state index < -0.39 is 15.9 Å². The van der Waals surface area contributed by atoms with E-state index in [2.05, 4.69) is 9.89 Å². The number of carbonyl (C=O) groups is 1. The molecule has 12 heteroatoms. The van der Waals surface area contributed by atoms with Gasteiger partial charge in [-0.3, -0.25) is 14.5 Å². The van der Waals surface area contributed by atoms with E-state index in [1.165, 1.54) is 10.4 Å². The zero-order valence-corrected chi connectivity index (χ0v) is 22.0. The molecule has 1 saturated heterocycles. The van der Waals surface area contributed by atoms with E-state index in [0.717, 1.165) is 24.9 Å². The second kappa shape index (κ2) is 11.5. The third-order valence-electron chi connectivity index (χ3n) is 6.27. The lowest BCUT2D eigenvalue weighted by Gasteiger charge is -2.32. The van der Waals surface area contributed by atoms with Crippen molar-refractivity contribution >= 4 is 39.6 Å². The molecule has 4 rings (SSSR count). The molecule has 0 unspecified atom stereocenters. The molecular weight excluding hydrogens is 508 g/mol. The molecule has 38 heavy (non-hydrogen) atoms. The fourth-order valence-corrected chi connectivity index (χ4v) is 5.21. The maximum atomic E-state index is 12.6. The number of nitrogens with zero attached hydrogens (tertiary/aromatic N) is 3. The number of amides is 1. The second-order valence-electron chi connectivity index (χ2n) is 9.10. The number of nitrogen functional groups attached to an aromatic ring is 1. The van der Waals surface area contributed by atoms with E-state index in [0.29, 0.717) is 49.0 Å². The summed E-state index contributed by atoms with van der Waals surface area (Å²) < 4.78 is 38.1. The summed E-state index contributed by atoms with van der Waals surface area (Å²) >= 11 is 0. The maximum Gasteiger partial charge on any atom is 0.287 e. The number of rotatable bonds is 9. The number of piperidine rings is 1. The average molecular weight is 541 g/mol. The Morgan fingerprint density at radius 2 is 2.00 bits per heavy atom. The van der Waals surface area contributed by atoms with E-state index >= 15 is 0 Å². The highest BCUT2D eigenvalue weighted by molar-refractivity contribution is 7.92. The molecule has 0 aromatic heterocycles. The lowest BCUT2D eigenvalue weighted by Crippen LogP contribution is -2.42. The van der Waals surface area contributed by atoms with Crippen LogP contribution in [-0.2, 0) is 14.8 Å². The van der Waals surface area contributed by atoms with Gasteiger partial charge in [0.1, 0.15) is 24.3 Å². The number of primary amides is 1. The Morgan fingerprint density at radius 1 is 1.24 bits per heavy atom. The molecule has 11 nitrogen and oxygen atoms in total. The number of anilines is 1. The van der Waals surface area contributed by atoms with Crippen LogP contribution in [0.15, 0.2) is 53.5 Å². The molecule has 2 aliphatic heterocycles. The predicted molar refractivity (Wildman–Crippen MR) is 147 cm³/mol. The van der Waals surface area contributed by atoms with Crippen molar-refractivity contribution in [3.8, 4) is 5.75 Å². The topological polar surface area (TPSA) is 164 Å². The van der Waals surface area contributed by atoms with Crippen molar-refractivity contribution in [2.24, 2.45) is 16.5 Å². The molecule has 202 valence electrons. The zero-order chi connectivity index (χ0) is 27.3. The maximum absolute atomic E-state index is 12.6. The summed E-state index contributed by atoms with van der Waals surface area (Å²) in [6.45, 7) is 2.74. The van der Waals surface area contributed by atoms with Gasteiger partial charge >= 0.3 is 0 Å². The van der Waals surface area contributed by atoms with Gasteiger partial charge in [0.15, 0.2) is 0 Å². The quantitative estimate of drug-likeness (QED) is 0.322. The molecule has 2 aromatic rings. The summed E-state index contributed by atoms with van der Waals surface area (Å²) in [5.41, 5.74) is 12.9. The van der Waals surface area contributed by atoms with Crippen LogP contribution in [0.5, 0.6) is 5.75 Å². The predicted octanol–water partition coefficient (Wildman–Crippen LogP) is 1.78. The van der Waals surface area contributed by atoms with Crippen LogP contribution in [-0.4, -0.2) is 76.2 Å². The van der Waals surface area contributed by atoms with Crippen molar-refractivity contribution in [1.82, 2.24) is 4.90 Å². The second-order valence-corrected chi connectivity index (χ2v) is 11.0. The van der Waals surface area contributed by atoms with Crippen LogP contribution in [0.25, 0.3) is 6.08 Å². The minimum Gasteiger partial charge on any atom is -0.489 e. The van der Waals surface area contributed by atoms with Gasteiger partial charge in [0.05, 0.1) is 30.6 Å². The summed E-state index contributed by atoms with van der Waals surface area (Å²) in [6, 6.07) is 12.4. The molecule has 1 fully saturated rings. The first-order chi connectivity index (χ1) is 18.1. The molecule has 0 spiro atoms. The van der Waals surface area contributed by atoms with Crippen molar-refractivity contribution < 1.29 is 22.7 Å². The first kappa shape index (κ1) is 27.0. The van der Waals surface area contributed by atoms with E-state index in [1.807, 2.05) is 6.07 Å². The van der Waals surface area contributed by atoms with Gasteiger partial charge in [-0.15, -0.1) is 0 Å². The number of hydrogen-bond donors (Lipinski definition) is 3. The average Bonchev–Trinajstić information content (AvgIpc) is 3.42. The molecule has 0 saturated carbocycles. The van der Waals surface area contributed by atoms with Crippen molar-refractivity contribution in [3.63, 3.8) is 0 Å². The van der Waals surface area contributed by atoms with Gasteiger partial charge in [-0.1, -0.05) is 30.4 Å². The molecular formula is C26H32N6O5S. The van der Waals surface area contributed by atoms with Gasteiger partial charge < -0.3 is 25.8 Å². The first-order valence-electron chi connectivity index (χ1n) is 12.2. The van der Waals surface area contributed by atoms with Crippen molar-refractivity contribution in [3.05, 3.63) is 65.2 Å². The van der Waals surface area contributed by atoms with Gasteiger partial charge in [-0.05, 0) is 29.8 Å². The van der Waals surface area contributed by atoms with Crippen LogP contribution in [0.1, 0.15) is 34.3 Å². The van der Waals surface area contributed by atoms with E-state index in [9.17, 15) is 13.2 Å². The first-order valence-corrected chi connectivity index (χ1v) is 14.1. The Hall–Kier alpha value is -4.06. The Balaban J connectivity index is 1.48. The molecule has 0 atom stereocenters. The number of amidine groups is 2. The van der Waals surface area contributed by atoms with Gasteiger partial charge in [0.2, 0.25) is 10.0 Å². The molecule has 0 aliphatic carbocycles. The fourth-order valence-electron chi connectivity index (χ4n) is 4.35. The number of sulfonamides is 1. The third kappa shape index (κ3) is 6.62. The van der Waals surface area contributed by atoms with Crippen molar-refractivity contribution in [2.45, 2.75) is 18.9 Å². The summed E-state index contributed by atoms with van der Waals surface area (Å²) in [5.74, 6) is -0.445. The number of likely N-dealkylation sites (tertiary alicyclic amines) is 1. The van der Waals surface area contributed by atoms with Gasteiger partial charge in [0.25, 0.3) is 11.9 Å². The number of nitrogens with one attached hydrogen (secondary N) is 1. The van der Waals surface area contributed by atoms with E-state index in [4.69, 9.17) is 26.4 Å². The molecule has 0 radical (unpaired) electrons. The van der Waals surface area contributed by atoms with Crippen molar-refractivity contribution in [2.75, 3.05) is 43.3 Å². The number of benzene rings is 2. The van der Waals surface area contributed by atoms with Crippen LogP contribution >= 0.6 is 0 Å². The van der Waals surface area contributed by atoms with E-state index in [-0.39, 0.29) is 24.0 Å². The monoisotopic (exact) mass is 540 g/mol. The number of carbonyl (C=O) groups excluding carboxylic acids is 1. The molecule has 0 bridgehead atoms. The molecule has 2 aromatic carbocycles. The summed E-state index contributed by atoms with van der Waals surface area (Å²) in [6.07, 6.45) is 5.82. The number of hydrogen-bond acceptors (Lipinski definition) is 8. The Kier molecular flexibility index (Phi) is 8.20. The van der Waals surface area contributed by atoms with Crippen LogP contribution in [0, 0.1) is 5.41 Å². The fraction of sp³-hybridized carbons (Fsp3) is 0.346. The highest BCUT2D eigenvalue weighted by atomic mass is 32.2. The minimum atomic E-state index is -3.68. The smallest absolute Gasteiger partial charge is 0.287 e. The number of ether oxygens (including phenoxy) is 2. The molecule has 1 amide bonds. The normalized spacial score (nSPS) is 16.2. The number of aliphatic imine (C=N–C) groups is 1. The van der Waals surface area contributed by atoms with Crippen LogP contribution in [0.4, 0.5) is 5.69 Å². The van der Waals surface area contributed by atoms with Gasteiger partial charge in [-0.25, -0.2) is 13.4 Å². The van der Waals surface area contributed by atoms with Gasteiger partial charge in [0, 0.05) is 31.5 Å². The van der Waals surface area contributed by atoms with Crippen LogP contribution < -0.4 is 20.5 Å². The van der Waals surface area contributed by atoms with E-state index in [1.54, 1.807) is 42.5 Å². The van der Waals surface area contributed by atoms with Gasteiger partial charge in [-0.2, -0.15) is 0 Å². The molecule has 2 heterocycles.